The number of rotatable bonds is 5. The Morgan fingerprint density at radius 3 is 2.75 bits per heavy atom. The van der Waals surface area contributed by atoms with E-state index in [1.165, 1.54) is 11.1 Å². The summed E-state index contributed by atoms with van der Waals surface area (Å²) < 4.78 is 27.7. The van der Waals surface area contributed by atoms with E-state index in [1.807, 2.05) is 12.1 Å². The molecule has 0 unspecified atom stereocenters. The zero-order valence-corrected chi connectivity index (χ0v) is 14.2. The molecule has 0 radical (unpaired) electrons. The van der Waals surface area contributed by atoms with Crippen LogP contribution in [0.15, 0.2) is 18.2 Å². The molecule has 1 heterocycles. The molecule has 24 heavy (non-hydrogen) atoms. The van der Waals surface area contributed by atoms with Crippen LogP contribution >= 0.6 is 0 Å². The number of fused-ring (bicyclic) bond motifs is 1. The molecule has 0 aromatic heterocycles. The molecule has 1 aromatic carbocycles. The van der Waals surface area contributed by atoms with Gasteiger partial charge in [-0.3, -0.25) is 9.59 Å². The molecule has 0 saturated carbocycles. The third kappa shape index (κ3) is 4.35. The van der Waals surface area contributed by atoms with E-state index >= 15 is 0 Å². The van der Waals surface area contributed by atoms with Crippen LogP contribution in [0.4, 0.5) is 0 Å². The molecule has 1 aliphatic carbocycles. The number of aryl methyl sites for hydroxylation is 2. The molecular weight excluding hydrogens is 330 g/mol. The van der Waals surface area contributed by atoms with E-state index in [0.717, 1.165) is 24.8 Å². The first-order valence-corrected chi connectivity index (χ1v) is 9.99. The number of hydrogen-bond donors (Lipinski definition) is 1. The van der Waals surface area contributed by atoms with Gasteiger partial charge < -0.3 is 10.1 Å². The SMILES string of the molecule is O=C(COC(=O)Cc1ccc2c(c1)CCC2)N[C@@H]1CCS(=O)(=O)C1. The summed E-state index contributed by atoms with van der Waals surface area (Å²) in [5.74, 6) is -0.862. The van der Waals surface area contributed by atoms with Crippen LogP contribution < -0.4 is 5.32 Å². The standard InChI is InChI=1S/C17H21NO5S/c19-16(18-15-6-7-24(21,22)11-15)10-23-17(20)9-12-4-5-13-2-1-3-14(13)8-12/h4-5,8,15H,1-3,6-7,9-11H2,(H,18,19)/t15-/m1/s1. The molecule has 7 heteroatoms. The van der Waals surface area contributed by atoms with Crippen molar-refractivity contribution in [3.05, 3.63) is 34.9 Å². The van der Waals surface area contributed by atoms with E-state index in [9.17, 15) is 18.0 Å². The van der Waals surface area contributed by atoms with Gasteiger partial charge in [-0.05, 0) is 42.4 Å². The fourth-order valence-corrected chi connectivity index (χ4v) is 4.95. The first-order valence-electron chi connectivity index (χ1n) is 8.17. The monoisotopic (exact) mass is 351 g/mol. The molecule has 1 N–H and O–H groups in total. The highest BCUT2D eigenvalue weighted by atomic mass is 32.2. The average Bonchev–Trinajstić information content (AvgIpc) is 3.11. The Labute approximate surface area is 141 Å². The van der Waals surface area contributed by atoms with Gasteiger partial charge in [0, 0.05) is 6.04 Å². The van der Waals surface area contributed by atoms with Crippen LogP contribution in [0.3, 0.4) is 0 Å². The fraction of sp³-hybridized carbons (Fsp3) is 0.529. The van der Waals surface area contributed by atoms with Crippen molar-refractivity contribution >= 4 is 21.7 Å². The second-order valence-electron chi connectivity index (χ2n) is 6.46. The van der Waals surface area contributed by atoms with Crippen LogP contribution in [0, 0.1) is 0 Å². The smallest absolute Gasteiger partial charge is 0.310 e. The first-order chi connectivity index (χ1) is 11.4. The van der Waals surface area contributed by atoms with Crippen molar-refractivity contribution in [3.63, 3.8) is 0 Å². The summed E-state index contributed by atoms with van der Waals surface area (Å²) >= 11 is 0. The van der Waals surface area contributed by atoms with Crippen molar-refractivity contribution in [1.82, 2.24) is 5.32 Å². The number of ether oxygens (including phenoxy) is 1. The molecule has 1 amide bonds. The first kappa shape index (κ1) is 17.0. The van der Waals surface area contributed by atoms with Crippen molar-refractivity contribution in [3.8, 4) is 0 Å². The normalized spacial score (nSPS) is 21.2. The van der Waals surface area contributed by atoms with Gasteiger partial charge in [-0.1, -0.05) is 18.2 Å². The van der Waals surface area contributed by atoms with Crippen LogP contribution in [0.5, 0.6) is 0 Å². The molecule has 1 aliphatic heterocycles. The number of nitrogens with one attached hydrogen (secondary N) is 1. The molecule has 3 rings (SSSR count). The molecule has 0 spiro atoms. The average molecular weight is 351 g/mol. The highest BCUT2D eigenvalue weighted by molar-refractivity contribution is 7.91. The maximum absolute atomic E-state index is 11.9. The summed E-state index contributed by atoms with van der Waals surface area (Å²) in [6.45, 7) is -0.375. The lowest BCUT2D eigenvalue weighted by molar-refractivity contribution is -0.148. The largest absolute Gasteiger partial charge is 0.455 e. The second kappa shape index (κ2) is 6.93. The van der Waals surface area contributed by atoms with Gasteiger partial charge in [-0.2, -0.15) is 0 Å². The van der Waals surface area contributed by atoms with Crippen molar-refractivity contribution < 1.29 is 22.7 Å². The lowest BCUT2D eigenvalue weighted by atomic mass is 10.0. The number of sulfone groups is 1. The molecule has 1 atom stereocenters. The quantitative estimate of drug-likeness (QED) is 0.783. The predicted molar refractivity (Wildman–Crippen MR) is 88.3 cm³/mol. The van der Waals surface area contributed by atoms with E-state index in [4.69, 9.17) is 4.74 Å². The van der Waals surface area contributed by atoms with Crippen LogP contribution in [0.1, 0.15) is 29.5 Å². The van der Waals surface area contributed by atoms with Gasteiger partial charge in [0.05, 0.1) is 17.9 Å². The zero-order valence-electron chi connectivity index (χ0n) is 13.4. The Morgan fingerprint density at radius 2 is 2.00 bits per heavy atom. The minimum Gasteiger partial charge on any atom is -0.455 e. The minimum absolute atomic E-state index is 0.0399. The lowest BCUT2D eigenvalue weighted by Gasteiger charge is -2.11. The molecule has 1 aromatic rings. The third-order valence-electron chi connectivity index (χ3n) is 4.47. The maximum atomic E-state index is 11.9. The van der Waals surface area contributed by atoms with Crippen LogP contribution in [0.2, 0.25) is 0 Å². The van der Waals surface area contributed by atoms with E-state index in [2.05, 4.69) is 11.4 Å². The van der Waals surface area contributed by atoms with Gasteiger partial charge in [-0.25, -0.2) is 8.42 Å². The number of benzene rings is 1. The number of hydrogen-bond acceptors (Lipinski definition) is 5. The Morgan fingerprint density at radius 1 is 1.21 bits per heavy atom. The van der Waals surface area contributed by atoms with Crippen LogP contribution in [-0.2, 0) is 43.4 Å². The van der Waals surface area contributed by atoms with Crippen LogP contribution in [-0.4, -0.2) is 44.4 Å². The molecule has 6 nitrogen and oxygen atoms in total. The van der Waals surface area contributed by atoms with Crippen molar-refractivity contribution in [2.24, 2.45) is 0 Å². The Bertz CT molecular complexity index is 756. The minimum atomic E-state index is -3.04. The van der Waals surface area contributed by atoms with Crippen LogP contribution in [0.25, 0.3) is 0 Å². The number of carbonyl (C=O) groups is 2. The predicted octanol–water partition coefficient (Wildman–Crippen LogP) is 0.564. The summed E-state index contributed by atoms with van der Waals surface area (Å²) in [4.78, 5) is 23.6. The third-order valence-corrected chi connectivity index (χ3v) is 6.24. The molecule has 1 fully saturated rings. The van der Waals surface area contributed by atoms with Gasteiger partial charge in [0.2, 0.25) is 0 Å². The Hall–Kier alpha value is -1.89. The van der Waals surface area contributed by atoms with E-state index in [-0.39, 0.29) is 30.6 Å². The van der Waals surface area contributed by atoms with Crippen molar-refractivity contribution in [1.29, 1.82) is 0 Å². The fourth-order valence-electron chi connectivity index (χ4n) is 3.28. The summed E-state index contributed by atoms with van der Waals surface area (Å²) in [6, 6.07) is 5.64. The van der Waals surface area contributed by atoms with Gasteiger partial charge in [0.1, 0.15) is 0 Å². The number of esters is 1. The summed E-state index contributed by atoms with van der Waals surface area (Å²) in [7, 11) is -3.04. The van der Waals surface area contributed by atoms with Crippen molar-refractivity contribution in [2.45, 2.75) is 38.1 Å². The summed E-state index contributed by atoms with van der Waals surface area (Å²) in [5.41, 5.74) is 3.53. The topological polar surface area (TPSA) is 89.5 Å². The van der Waals surface area contributed by atoms with Gasteiger partial charge in [0.25, 0.3) is 5.91 Å². The molecule has 1 saturated heterocycles. The highest BCUT2D eigenvalue weighted by Crippen LogP contribution is 2.23. The molecule has 2 aliphatic rings. The van der Waals surface area contributed by atoms with Gasteiger partial charge in [0.15, 0.2) is 16.4 Å². The second-order valence-corrected chi connectivity index (χ2v) is 8.69. The lowest BCUT2D eigenvalue weighted by Crippen LogP contribution is -2.38. The van der Waals surface area contributed by atoms with Gasteiger partial charge in [-0.15, -0.1) is 0 Å². The number of amides is 1. The molecule has 0 bridgehead atoms. The Kier molecular flexibility index (Phi) is 4.89. The summed E-state index contributed by atoms with van der Waals surface area (Å²) in [5, 5.41) is 2.59. The molecule has 130 valence electrons. The highest BCUT2D eigenvalue weighted by Gasteiger charge is 2.29. The van der Waals surface area contributed by atoms with Gasteiger partial charge >= 0.3 is 5.97 Å². The van der Waals surface area contributed by atoms with E-state index in [1.54, 1.807) is 0 Å². The van der Waals surface area contributed by atoms with Crippen molar-refractivity contribution in [2.75, 3.05) is 18.1 Å². The van der Waals surface area contributed by atoms with E-state index in [0.29, 0.717) is 6.42 Å². The molecular formula is C17H21NO5S. The van der Waals surface area contributed by atoms with E-state index < -0.39 is 21.7 Å². The zero-order chi connectivity index (χ0) is 17.2. The maximum Gasteiger partial charge on any atom is 0.310 e. The Balaban J connectivity index is 1.43. The summed E-state index contributed by atoms with van der Waals surface area (Å²) in [6.07, 6.45) is 3.85. The number of carbonyl (C=O) groups excluding carboxylic acids is 2.